The Balaban J connectivity index is 0.000000245. The van der Waals surface area contributed by atoms with Gasteiger partial charge in [-0.05, 0) is 108 Å². The van der Waals surface area contributed by atoms with E-state index in [1.165, 1.54) is 12.5 Å². The zero-order valence-electron chi connectivity index (χ0n) is 33.3. The monoisotopic (exact) mass is 830 g/mol. The van der Waals surface area contributed by atoms with Crippen molar-refractivity contribution in [1.82, 2.24) is 10.2 Å². The molecule has 0 aliphatic carbocycles. The van der Waals surface area contributed by atoms with Crippen molar-refractivity contribution in [3.8, 4) is 23.0 Å². The Bertz CT molecular complexity index is 1950. The second kappa shape index (κ2) is 22.2. The number of hydrogen-bond acceptors (Lipinski definition) is 10. The number of hydrogen-bond donors (Lipinski definition) is 1. The van der Waals surface area contributed by atoms with Gasteiger partial charge in [-0.2, -0.15) is 0 Å². The number of nitrogens with zero attached hydrogens (tertiary/aromatic N) is 1. The van der Waals surface area contributed by atoms with Crippen LogP contribution in [-0.2, 0) is 19.7 Å². The number of benzene rings is 4. The van der Waals surface area contributed by atoms with E-state index in [9.17, 15) is 16.8 Å². The van der Waals surface area contributed by atoms with E-state index >= 15 is 0 Å². The molecule has 2 aliphatic rings. The van der Waals surface area contributed by atoms with Crippen LogP contribution in [-0.4, -0.2) is 91.4 Å². The van der Waals surface area contributed by atoms with Crippen LogP contribution in [0.15, 0.2) is 119 Å². The second-order valence-electron chi connectivity index (χ2n) is 14.5. The highest BCUT2D eigenvalue weighted by Crippen LogP contribution is 2.29. The molecular weight excluding hydrogens is 772 g/mol. The third-order valence-electron chi connectivity index (χ3n) is 9.41. The van der Waals surface area contributed by atoms with Crippen LogP contribution in [0.3, 0.4) is 0 Å². The highest BCUT2D eigenvalue weighted by atomic mass is 35.5. The van der Waals surface area contributed by atoms with Gasteiger partial charge in [-0.15, -0.1) is 12.4 Å². The molecule has 0 bridgehead atoms. The zero-order chi connectivity index (χ0) is 39.8. The van der Waals surface area contributed by atoms with Gasteiger partial charge in [-0.25, -0.2) is 16.8 Å². The minimum Gasteiger partial charge on any atom is -0.492 e. The first-order chi connectivity index (χ1) is 26.2. The molecule has 4 aromatic carbocycles. The van der Waals surface area contributed by atoms with E-state index in [0.29, 0.717) is 24.7 Å². The standard InChI is InChI=1S/C21H27NO4S.C12H17NO.C10H14O3S.ClH/c1-21(26-18-8-4-3-5-9-18)12-14-22(15-13-21)16-17-25-19-10-6-7-11-20(19)27(2,23)24;1-12(7-9-13-10-8-12)14-11-5-3-2-4-6-11;1-3-8-13-9-6-4-5-7-10(9)14(2,11)12;/h3-11H,12-17H2,1-2H3;2-6,13H,7-10H2,1H3;4-7H,3,8H2,1-2H3;1H. The first kappa shape index (κ1) is 46.6. The predicted octanol–water partition coefficient (Wildman–Crippen LogP) is 7.91. The number of halogens is 1. The van der Waals surface area contributed by atoms with Crippen molar-refractivity contribution in [1.29, 1.82) is 0 Å². The molecule has 0 spiro atoms. The Labute approximate surface area is 341 Å². The number of piperidine rings is 2. The van der Waals surface area contributed by atoms with Gasteiger partial charge < -0.3 is 24.3 Å². The van der Waals surface area contributed by atoms with E-state index < -0.39 is 19.7 Å². The van der Waals surface area contributed by atoms with E-state index in [0.717, 1.165) is 76.3 Å². The van der Waals surface area contributed by atoms with E-state index in [1.807, 2.05) is 67.6 Å². The van der Waals surface area contributed by atoms with Gasteiger partial charge in [-0.3, -0.25) is 4.90 Å². The summed E-state index contributed by atoms with van der Waals surface area (Å²) < 4.78 is 69.6. The van der Waals surface area contributed by atoms with Crippen molar-refractivity contribution in [3.05, 3.63) is 109 Å². The van der Waals surface area contributed by atoms with Crippen LogP contribution in [0.4, 0.5) is 0 Å². The normalized spacial score (nSPS) is 16.3. The minimum absolute atomic E-state index is 0. The van der Waals surface area contributed by atoms with Gasteiger partial charge in [0.05, 0.1) is 6.61 Å². The molecule has 13 heteroatoms. The Hall–Kier alpha value is -3.81. The molecule has 0 atom stereocenters. The summed E-state index contributed by atoms with van der Waals surface area (Å²) in [5.74, 6) is 2.76. The van der Waals surface area contributed by atoms with Crippen molar-refractivity contribution in [2.75, 3.05) is 58.4 Å². The van der Waals surface area contributed by atoms with Crippen LogP contribution >= 0.6 is 12.4 Å². The lowest BCUT2D eigenvalue weighted by Gasteiger charge is -2.39. The van der Waals surface area contributed by atoms with Gasteiger partial charge in [0.25, 0.3) is 0 Å². The third-order valence-corrected chi connectivity index (χ3v) is 11.7. The third kappa shape index (κ3) is 15.6. The van der Waals surface area contributed by atoms with Crippen molar-refractivity contribution >= 4 is 32.1 Å². The molecule has 10 nitrogen and oxygen atoms in total. The first-order valence-corrected chi connectivity index (χ1v) is 22.7. The molecule has 1 N–H and O–H groups in total. The molecule has 0 amide bonds. The lowest BCUT2D eigenvalue weighted by molar-refractivity contribution is 0.0134. The summed E-state index contributed by atoms with van der Waals surface area (Å²) in [5.41, 5.74) is -0.131. The maximum atomic E-state index is 11.8. The molecule has 6 rings (SSSR count). The Morgan fingerprint density at radius 1 is 0.589 bits per heavy atom. The molecular formula is C43H59ClN2O8S2. The summed E-state index contributed by atoms with van der Waals surface area (Å²) in [6, 6.07) is 33.5. The van der Waals surface area contributed by atoms with E-state index in [4.69, 9.17) is 18.9 Å². The Kier molecular flexibility index (Phi) is 18.5. The van der Waals surface area contributed by atoms with Crippen LogP contribution in [0.2, 0.25) is 0 Å². The first-order valence-electron chi connectivity index (χ1n) is 18.9. The van der Waals surface area contributed by atoms with Gasteiger partial charge in [0.1, 0.15) is 50.6 Å². The fourth-order valence-electron chi connectivity index (χ4n) is 6.20. The molecule has 2 saturated heterocycles. The molecule has 0 unspecified atom stereocenters. The van der Waals surface area contributed by atoms with Crippen LogP contribution in [0.1, 0.15) is 52.9 Å². The van der Waals surface area contributed by atoms with E-state index in [-0.39, 0.29) is 33.4 Å². The molecule has 0 radical (unpaired) electrons. The van der Waals surface area contributed by atoms with Gasteiger partial charge in [-0.1, -0.05) is 67.6 Å². The van der Waals surface area contributed by atoms with Crippen LogP contribution in [0, 0.1) is 0 Å². The highest BCUT2D eigenvalue weighted by molar-refractivity contribution is 7.91. The smallest absolute Gasteiger partial charge is 0.179 e. The fraction of sp³-hybridized carbons (Fsp3) is 0.442. The van der Waals surface area contributed by atoms with E-state index in [1.54, 1.807) is 48.5 Å². The summed E-state index contributed by atoms with van der Waals surface area (Å²) in [6.07, 6.45) is 7.31. The average Bonchev–Trinajstić information content (AvgIpc) is 3.16. The number of nitrogens with one attached hydrogen (secondary N) is 1. The van der Waals surface area contributed by atoms with Gasteiger partial charge in [0, 0.05) is 32.1 Å². The SMILES string of the molecule is CC1(Oc2ccccc2)CCN(CCOc2ccccc2S(C)(=O)=O)CC1.CC1(Oc2ccccc2)CCNCC1.CCCOc1ccccc1S(C)(=O)=O.Cl. The topological polar surface area (TPSA) is 120 Å². The van der Waals surface area contributed by atoms with Gasteiger partial charge in [0.2, 0.25) is 0 Å². The van der Waals surface area contributed by atoms with Gasteiger partial charge in [0.15, 0.2) is 19.7 Å². The fourth-order valence-corrected chi connectivity index (χ4v) is 7.84. The summed E-state index contributed by atoms with van der Waals surface area (Å²) in [4.78, 5) is 2.83. The van der Waals surface area contributed by atoms with Crippen molar-refractivity contribution in [2.45, 2.75) is 73.9 Å². The average molecular weight is 832 g/mol. The molecule has 0 aromatic heterocycles. The summed E-state index contributed by atoms with van der Waals surface area (Å²) in [7, 11) is -6.48. The van der Waals surface area contributed by atoms with Crippen molar-refractivity contribution in [2.24, 2.45) is 0 Å². The molecule has 56 heavy (non-hydrogen) atoms. The summed E-state index contributed by atoms with van der Waals surface area (Å²) in [5, 5.41) is 3.35. The lowest BCUT2D eigenvalue weighted by Crippen LogP contribution is -2.47. The zero-order valence-corrected chi connectivity index (χ0v) is 35.8. The Morgan fingerprint density at radius 3 is 1.41 bits per heavy atom. The number of rotatable bonds is 13. The maximum Gasteiger partial charge on any atom is 0.179 e. The Morgan fingerprint density at radius 2 is 0.982 bits per heavy atom. The van der Waals surface area contributed by atoms with Crippen molar-refractivity contribution < 1.29 is 35.8 Å². The van der Waals surface area contributed by atoms with Gasteiger partial charge >= 0.3 is 0 Å². The molecule has 308 valence electrons. The van der Waals surface area contributed by atoms with Crippen molar-refractivity contribution in [3.63, 3.8) is 0 Å². The lowest BCUT2D eigenvalue weighted by atomic mass is 9.93. The number of para-hydroxylation sites is 4. The second-order valence-corrected chi connectivity index (χ2v) is 18.4. The number of sulfone groups is 2. The largest absolute Gasteiger partial charge is 0.492 e. The summed E-state index contributed by atoms with van der Waals surface area (Å²) in [6.45, 7) is 12.1. The molecule has 2 fully saturated rings. The van der Waals surface area contributed by atoms with Crippen LogP contribution in [0.25, 0.3) is 0 Å². The predicted molar refractivity (Wildman–Crippen MR) is 226 cm³/mol. The molecule has 2 aliphatic heterocycles. The maximum absolute atomic E-state index is 11.8. The van der Waals surface area contributed by atoms with E-state index in [2.05, 4.69) is 24.1 Å². The van der Waals surface area contributed by atoms with Crippen LogP contribution in [0.5, 0.6) is 23.0 Å². The summed E-state index contributed by atoms with van der Waals surface area (Å²) >= 11 is 0. The molecule has 4 aromatic rings. The number of likely N-dealkylation sites (tertiary alicyclic amines) is 1. The number of ether oxygens (including phenoxy) is 4. The quantitative estimate of drug-likeness (QED) is 0.142. The minimum atomic E-state index is -3.29. The molecule has 2 heterocycles. The highest BCUT2D eigenvalue weighted by Gasteiger charge is 2.32. The molecule has 0 saturated carbocycles. The van der Waals surface area contributed by atoms with Crippen LogP contribution < -0.4 is 24.3 Å².